The minimum Gasteiger partial charge on any atom is -0.494 e. The number of rotatable bonds is 5. The molecule has 1 aliphatic rings. The number of nitrogens with zero attached hydrogens (tertiary/aromatic N) is 1. The number of hydrogen-bond donors (Lipinski definition) is 1. The molecule has 3 rings (SSSR count). The van der Waals surface area contributed by atoms with Gasteiger partial charge in [0.1, 0.15) is 11.5 Å². The third-order valence-electron chi connectivity index (χ3n) is 3.73. The van der Waals surface area contributed by atoms with Gasteiger partial charge in [-0.3, -0.25) is 4.79 Å². The van der Waals surface area contributed by atoms with E-state index >= 15 is 0 Å². The maximum absolute atomic E-state index is 12.4. The first-order valence-corrected chi connectivity index (χ1v) is 7.70. The molecular formula is C18H20N2O3. The summed E-state index contributed by atoms with van der Waals surface area (Å²) >= 11 is 0. The highest BCUT2D eigenvalue weighted by Gasteiger charge is 2.31. The molecule has 2 N–H and O–H groups in total. The summed E-state index contributed by atoms with van der Waals surface area (Å²) in [6.07, 6.45) is 0.239. The van der Waals surface area contributed by atoms with Crippen molar-refractivity contribution in [3.05, 3.63) is 48.5 Å². The van der Waals surface area contributed by atoms with Gasteiger partial charge in [0.25, 0.3) is 5.91 Å². The molecule has 1 amide bonds. The molecule has 0 aliphatic carbocycles. The van der Waals surface area contributed by atoms with Crippen LogP contribution in [0.3, 0.4) is 0 Å². The van der Waals surface area contributed by atoms with Crippen molar-refractivity contribution < 1.29 is 14.3 Å². The zero-order valence-electron chi connectivity index (χ0n) is 13.1. The number of nitrogen functional groups attached to an aromatic ring is 1. The minimum absolute atomic E-state index is 0.0530. The molecule has 5 heteroatoms. The molecule has 0 radical (unpaired) electrons. The van der Waals surface area contributed by atoms with Crippen molar-refractivity contribution >= 4 is 17.3 Å². The monoisotopic (exact) mass is 312 g/mol. The molecule has 0 saturated carbocycles. The molecule has 0 unspecified atom stereocenters. The molecule has 0 aromatic heterocycles. The highest BCUT2D eigenvalue weighted by atomic mass is 16.5. The Morgan fingerprint density at radius 2 is 2.00 bits per heavy atom. The Morgan fingerprint density at radius 3 is 2.78 bits per heavy atom. The molecule has 0 saturated heterocycles. The summed E-state index contributed by atoms with van der Waals surface area (Å²) in [5.74, 6) is 1.47. The van der Waals surface area contributed by atoms with E-state index in [-0.39, 0.29) is 5.91 Å². The lowest BCUT2D eigenvalue weighted by Crippen LogP contribution is -2.45. The van der Waals surface area contributed by atoms with Gasteiger partial charge in [0.2, 0.25) is 0 Å². The fourth-order valence-electron chi connectivity index (χ4n) is 2.58. The Hall–Kier alpha value is -2.69. The smallest absolute Gasteiger partial charge is 0.267 e. The zero-order chi connectivity index (χ0) is 16.2. The van der Waals surface area contributed by atoms with Crippen molar-refractivity contribution in [3.8, 4) is 11.5 Å². The van der Waals surface area contributed by atoms with E-state index < -0.39 is 6.10 Å². The van der Waals surface area contributed by atoms with E-state index in [1.807, 2.05) is 30.3 Å². The van der Waals surface area contributed by atoms with Crippen LogP contribution in [-0.2, 0) is 4.79 Å². The van der Waals surface area contributed by atoms with Crippen molar-refractivity contribution in [1.29, 1.82) is 0 Å². The van der Waals surface area contributed by atoms with Gasteiger partial charge in [0, 0.05) is 12.2 Å². The van der Waals surface area contributed by atoms with Crippen molar-refractivity contribution in [2.24, 2.45) is 0 Å². The Bertz CT molecular complexity index is 688. The summed E-state index contributed by atoms with van der Waals surface area (Å²) in [5.41, 5.74) is 7.18. The van der Waals surface area contributed by atoms with Gasteiger partial charge in [0.05, 0.1) is 12.3 Å². The molecule has 0 spiro atoms. The predicted octanol–water partition coefficient (Wildman–Crippen LogP) is 2.85. The molecule has 2 aromatic carbocycles. The Labute approximate surface area is 135 Å². The number of benzene rings is 2. The van der Waals surface area contributed by atoms with Gasteiger partial charge in [0.15, 0.2) is 6.10 Å². The molecular weight excluding hydrogens is 292 g/mol. The quantitative estimate of drug-likeness (QED) is 0.681. The van der Waals surface area contributed by atoms with Gasteiger partial charge >= 0.3 is 0 Å². The largest absolute Gasteiger partial charge is 0.494 e. The SMILES string of the molecule is C[C@@H]1Oc2ccc(N)cc2N(CCCOc2ccccc2)C1=O. The summed E-state index contributed by atoms with van der Waals surface area (Å²) in [7, 11) is 0. The second-order valence-electron chi connectivity index (χ2n) is 5.49. The maximum Gasteiger partial charge on any atom is 0.267 e. The van der Waals surface area contributed by atoms with Crippen LogP contribution >= 0.6 is 0 Å². The fraction of sp³-hybridized carbons (Fsp3) is 0.278. The van der Waals surface area contributed by atoms with Crippen molar-refractivity contribution in [3.63, 3.8) is 0 Å². The summed E-state index contributed by atoms with van der Waals surface area (Å²) in [6.45, 7) is 2.87. The first-order valence-electron chi connectivity index (χ1n) is 7.70. The molecule has 5 nitrogen and oxygen atoms in total. The van der Waals surface area contributed by atoms with Gasteiger partial charge in [-0.05, 0) is 43.7 Å². The molecule has 1 heterocycles. The van der Waals surface area contributed by atoms with Gasteiger partial charge in [-0.1, -0.05) is 18.2 Å². The van der Waals surface area contributed by atoms with E-state index in [1.165, 1.54) is 0 Å². The van der Waals surface area contributed by atoms with Crippen molar-refractivity contribution in [2.45, 2.75) is 19.4 Å². The van der Waals surface area contributed by atoms with E-state index in [9.17, 15) is 4.79 Å². The fourth-order valence-corrected chi connectivity index (χ4v) is 2.58. The van der Waals surface area contributed by atoms with Crippen LogP contribution < -0.4 is 20.1 Å². The number of nitrogens with two attached hydrogens (primary N) is 1. The van der Waals surface area contributed by atoms with Crippen LogP contribution in [0.15, 0.2) is 48.5 Å². The highest BCUT2D eigenvalue weighted by Crippen LogP contribution is 2.35. The molecule has 2 aromatic rings. The Morgan fingerprint density at radius 1 is 1.22 bits per heavy atom. The predicted molar refractivity (Wildman–Crippen MR) is 89.9 cm³/mol. The number of carbonyl (C=O) groups excluding carboxylic acids is 1. The van der Waals surface area contributed by atoms with Gasteiger partial charge in [-0.2, -0.15) is 0 Å². The molecule has 1 atom stereocenters. The molecule has 1 aliphatic heterocycles. The second-order valence-corrected chi connectivity index (χ2v) is 5.49. The average Bonchev–Trinajstić information content (AvgIpc) is 2.56. The number of anilines is 2. The second kappa shape index (κ2) is 6.60. The van der Waals surface area contributed by atoms with Crippen LogP contribution in [0.5, 0.6) is 11.5 Å². The maximum atomic E-state index is 12.4. The van der Waals surface area contributed by atoms with Crippen LogP contribution in [0.25, 0.3) is 0 Å². The Kier molecular flexibility index (Phi) is 4.37. The lowest BCUT2D eigenvalue weighted by atomic mass is 10.1. The number of ether oxygens (including phenoxy) is 2. The highest BCUT2D eigenvalue weighted by molar-refractivity contribution is 6.00. The van der Waals surface area contributed by atoms with E-state index in [0.717, 1.165) is 17.9 Å². The molecule has 0 fully saturated rings. The van der Waals surface area contributed by atoms with Gasteiger partial charge in [-0.15, -0.1) is 0 Å². The van der Waals surface area contributed by atoms with Crippen molar-refractivity contribution in [2.75, 3.05) is 23.8 Å². The van der Waals surface area contributed by atoms with Crippen LogP contribution in [-0.4, -0.2) is 25.2 Å². The standard InChI is InChI=1S/C18H20N2O3/c1-13-18(21)20(16-12-14(19)8-9-17(16)23-13)10-5-11-22-15-6-3-2-4-7-15/h2-4,6-9,12-13H,5,10-11,19H2,1H3/t13-/m0/s1. The molecule has 120 valence electrons. The minimum atomic E-state index is -0.485. The van der Waals surface area contributed by atoms with Gasteiger partial charge < -0.3 is 20.1 Å². The number of hydrogen-bond acceptors (Lipinski definition) is 4. The zero-order valence-corrected chi connectivity index (χ0v) is 13.1. The number of para-hydroxylation sites is 1. The summed E-state index contributed by atoms with van der Waals surface area (Å²) in [4.78, 5) is 14.1. The van der Waals surface area contributed by atoms with E-state index in [1.54, 1.807) is 30.0 Å². The van der Waals surface area contributed by atoms with Crippen molar-refractivity contribution in [1.82, 2.24) is 0 Å². The molecule has 0 bridgehead atoms. The normalized spacial score (nSPS) is 16.7. The molecule has 23 heavy (non-hydrogen) atoms. The summed E-state index contributed by atoms with van der Waals surface area (Å²) < 4.78 is 11.3. The Balaban J connectivity index is 1.64. The van der Waals surface area contributed by atoms with Crippen LogP contribution in [0.2, 0.25) is 0 Å². The average molecular weight is 312 g/mol. The first kappa shape index (κ1) is 15.2. The number of fused-ring (bicyclic) bond motifs is 1. The van der Waals surface area contributed by atoms with Crippen LogP contribution in [0.1, 0.15) is 13.3 Å². The summed E-state index contributed by atoms with van der Waals surface area (Å²) in [5, 5.41) is 0. The van der Waals surface area contributed by atoms with E-state index in [0.29, 0.717) is 24.6 Å². The van der Waals surface area contributed by atoms with Gasteiger partial charge in [-0.25, -0.2) is 0 Å². The van der Waals surface area contributed by atoms with E-state index in [4.69, 9.17) is 15.2 Å². The third-order valence-corrected chi connectivity index (χ3v) is 3.73. The van der Waals surface area contributed by atoms with Crippen LogP contribution in [0.4, 0.5) is 11.4 Å². The lowest BCUT2D eigenvalue weighted by Gasteiger charge is -2.33. The van der Waals surface area contributed by atoms with E-state index in [2.05, 4.69) is 0 Å². The third kappa shape index (κ3) is 3.39. The summed E-state index contributed by atoms with van der Waals surface area (Å²) in [6, 6.07) is 15.0. The first-order chi connectivity index (χ1) is 11.1. The number of amides is 1. The lowest BCUT2D eigenvalue weighted by molar-refractivity contribution is -0.125. The number of carbonyl (C=O) groups is 1. The topological polar surface area (TPSA) is 64.8 Å². The van der Waals surface area contributed by atoms with Crippen LogP contribution in [0, 0.1) is 0 Å².